The zero-order valence-corrected chi connectivity index (χ0v) is 19.1. The van der Waals surface area contributed by atoms with E-state index in [-0.39, 0.29) is 24.2 Å². The molecule has 3 N–H and O–H groups in total. The topological polar surface area (TPSA) is 104 Å². The van der Waals surface area contributed by atoms with Crippen LogP contribution >= 0.6 is 0 Å². The fourth-order valence-corrected chi connectivity index (χ4v) is 3.15. The average Bonchev–Trinajstić information content (AvgIpc) is 2.79. The number of aromatic amines is 1. The molecular weight excluding hydrogens is 453 g/mol. The van der Waals surface area contributed by atoms with E-state index in [9.17, 15) is 27.6 Å². The molecule has 0 spiro atoms. The molecule has 1 aromatic heterocycles. The molecule has 186 valence electrons. The number of carbonyl (C=O) groups is 2. The molecule has 0 fully saturated rings. The average molecular weight is 483 g/mol. The number of carbonyl (C=O) groups excluding carboxylic acids is 2. The Hall–Kier alpha value is -3.34. The molecule has 34 heavy (non-hydrogen) atoms. The first-order valence-corrected chi connectivity index (χ1v) is 10.8. The lowest BCUT2D eigenvalue weighted by atomic mass is 10.2. The molecular formula is C23H29F3N4O4. The van der Waals surface area contributed by atoms with E-state index in [1.807, 2.05) is 24.3 Å². The van der Waals surface area contributed by atoms with Gasteiger partial charge in [0.2, 0.25) is 5.56 Å². The number of halogens is 3. The van der Waals surface area contributed by atoms with Crippen LogP contribution in [0.5, 0.6) is 5.75 Å². The van der Waals surface area contributed by atoms with Gasteiger partial charge in [0.25, 0.3) is 11.8 Å². The number of rotatable bonds is 12. The third-order valence-corrected chi connectivity index (χ3v) is 4.92. The lowest BCUT2D eigenvalue weighted by molar-refractivity contribution is -0.135. The molecule has 1 heterocycles. The molecule has 0 atom stereocenters. The monoisotopic (exact) mass is 482 g/mol. The van der Waals surface area contributed by atoms with Crippen molar-refractivity contribution >= 4 is 11.8 Å². The number of methoxy groups -OCH3 is 1. The predicted molar refractivity (Wildman–Crippen MR) is 121 cm³/mol. The molecule has 0 unspecified atom stereocenters. The first-order valence-electron chi connectivity index (χ1n) is 10.8. The van der Waals surface area contributed by atoms with Crippen LogP contribution in [0.25, 0.3) is 0 Å². The second kappa shape index (κ2) is 12.8. The Balaban J connectivity index is 1.81. The summed E-state index contributed by atoms with van der Waals surface area (Å²) in [5, 5.41) is 5.92. The third-order valence-electron chi connectivity index (χ3n) is 4.92. The fourth-order valence-electron chi connectivity index (χ4n) is 3.15. The second-order valence-electron chi connectivity index (χ2n) is 7.73. The summed E-state index contributed by atoms with van der Waals surface area (Å²) in [7, 11) is 2.95. The molecule has 2 amide bonds. The highest BCUT2D eigenvalue weighted by Crippen LogP contribution is 2.21. The standard InChI is InChI=1S/C23H29F3N4O4/c1-30(11-4-8-23(24,25)26)22(33)17-13-19(29-20(31)14-17)21(32)28-10-5-9-27-15-16-6-3-7-18(12-16)34-2/h3,6-7,12-14,27H,4-5,8-11,15H2,1-2H3,(H,28,32)(H,29,31). The highest BCUT2D eigenvalue weighted by atomic mass is 19.4. The zero-order chi connectivity index (χ0) is 25.1. The van der Waals surface area contributed by atoms with Gasteiger partial charge in [0.1, 0.15) is 11.4 Å². The maximum atomic E-state index is 12.5. The highest BCUT2D eigenvalue weighted by molar-refractivity contribution is 5.98. The van der Waals surface area contributed by atoms with Gasteiger partial charge in [-0.05, 0) is 43.1 Å². The van der Waals surface area contributed by atoms with Crippen LogP contribution in [0.15, 0.2) is 41.2 Å². The SMILES string of the molecule is COc1cccc(CNCCCNC(=O)c2cc(C(=O)N(C)CCCC(F)(F)F)cc(=O)[nH]2)c1. The Kier molecular flexibility index (Phi) is 10.1. The van der Waals surface area contributed by atoms with Crippen LogP contribution in [-0.4, -0.2) is 61.7 Å². The molecule has 0 aliphatic rings. The zero-order valence-electron chi connectivity index (χ0n) is 19.1. The van der Waals surface area contributed by atoms with Gasteiger partial charge in [-0.25, -0.2) is 0 Å². The Morgan fingerprint density at radius 1 is 1.12 bits per heavy atom. The number of hydrogen-bond donors (Lipinski definition) is 3. The van der Waals surface area contributed by atoms with E-state index in [4.69, 9.17) is 4.74 Å². The number of ether oxygens (including phenoxy) is 1. The van der Waals surface area contributed by atoms with E-state index in [2.05, 4.69) is 15.6 Å². The number of benzene rings is 1. The highest BCUT2D eigenvalue weighted by Gasteiger charge is 2.26. The molecule has 2 aromatic rings. The quantitative estimate of drug-likeness (QED) is 0.404. The van der Waals surface area contributed by atoms with Crippen LogP contribution in [0.2, 0.25) is 0 Å². The second-order valence-corrected chi connectivity index (χ2v) is 7.73. The summed E-state index contributed by atoms with van der Waals surface area (Å²) in [6, 6.07) is 9.89. The summed E-state index contributed by atoms with van der Waals surface area (Å²) < 4.78 is 42.1. The number of nitrogens with zero attached hydrogens (tertiary/aromatic N) is 1. The Morgan fingerprint density at radius 2 is 1.88 bits per heavy atom. The van der Waals surface area contributed by atoms with Crippen molar-refractivity contribution in [2.75, 3.05) is 33.8 Å². The van der Waals surface area contributed by atoms with Crippen molar-refractivity contribution in [1.29, 1.82) is 0 Å². The summed E-state index contributed by atoms with van der Waals surface area (Å²) in [6.07, 6.45) is -4.94. The molecule has 0 bridgehead atoms. The fraction of sp³-hybridized carbons (Fsp3) is 0.435. The van der Waals surface area contributed by atoms with E-state index in [1.54, 1.807) is 7.11 Å². The van der Waals surface area contributed by atoms with Crippen LogP contribution in [-0.2, 0) is 6.54 Å². The predicted octanol–water partition coefficient (Wildman–Crippen LogP) is 2.71. The molecule has 2 rings (SSSR count). The van der Waals surface area contributed by atoms with Crippen LogP contribution in [0.1, 0.15) is 45.7 Å². The van der Waals surface area contributed by atoms with Crippen molar-refractivity contribution in [2.24, 2.45) is 0 Å². The number of pyridine rings is 1. The summed E-state index contributed by atoms with van der Waals surface area (Å²) in [6.45, 7) is 1.48. The lowest BCUT2D eigenvalue weighted by Gasteiger charge is -2.18. The van der Waals surface area contributed by atoms with Gasteiger partial charge in [0.15, 0.2) is 0 Å². The van der Waals surface area contributed by atoms with E-state index in [1.165, 1.54) is 13.1 Å². The lowest BCUT2D eigenvalue weighted by Crippen LogP contribution is -2.32. The van der Waals surface area contributed by atoms with E-state index in [0.717, 1.165) is 22.3 Å². The summed E-state index contributed by atoms with van der Waals surface area (Å²) in [5.41, 5.74) is 0.248. The van der Waals surface area contributed by atoms with Crippen molar-refractivity contribution in [3.8, 4) is 5.75 Å². The van der Waals surface area contributed by atoms with Gasteiger partial charge in [0, 0.05) is 44.7 Å². The first kappa shape index (κ1) is 26.9. The largest absolute Gasteiger partial charge is 0.497 e. The molecule has 0 aliphatic heterocycles. The molecule has 0 aliphatic carbocycles. The molecule has 0 saturated carbocycles. The minimum atomic E-state index is -4.30. The van der Waals surface area contributed by atoms with Crippen molar-refractivity contribution in [3.63, 3.8) is 0 Å². The summed E-state index contributed by atoms with van der Waals surface area (Å²) >= 11 is 0. The van der Waals surface area contributed by atoms with Crippen molar-refractivity contribution in [1.82, 2.24) is 20.5 Å². The van der Waals surface area contributed by atoms with Crippen LogP contribution in [0.4, 0.5) is 13.2 Å². The Bertz CT molecular complexity index is 1020. The van der Waals surface area contributed by atoms with Gasteiger partial charge in [0.05, 0.1) is 7.11 Å². The van der Waals surface area contributed by atoms with Gasteiger partial charge in [-0.2, -0.15) is 13.2 Å². The van der Waals surface area contributed by atoms with Crippen LogP contribution in [0.3, 0.4) is 0 Å². The number of alkyl halides is 3. The van der Waals surface area contributed by atoms with Crippen molar-refractivity contribution in [3.05, 3.63) is 63.6 Å². The van der Waals surface area contributed by atoms with Gasteiger partial charge < -0.3 is 25.3 Å². The molecule has 8 nitrogen and oxygen atoms in total. The van der Waals surface area contributed by atoms with Crippen LogP contribution < -0.4 is 20.9 Å². The Morgan fingerprint density at radius 3 is 2.59 bits per heavy atom. The van der Waals surface area contributed by atoms with Crippen molar-refractivity contribution in [2.45, 2.75) is 32.0 Å². The van der Waals surface area contributed by atoms with Gasteiger partial charge >= 0.3 is 6.18 Å². The van der Waals surface area contributed by atoms with Gasteiger partial charge in [-0.15, -0.1) is 0 Å². The Labute approximate surface area is 195 Å². The minimum Gasteiger partial charge on any atom is -0.497 e. The molecule has 1 aromatic carbocycles. The van der Waals surface area contributed by atoms with Gasteiger partial charge in [-0.3, -0.25) is 14.4 Å². The van der Waals surface area contributed by atoms with E-state index < -0.39 is 30.0 Å². The third kappa shape index (κ3) is 9.26. The molecule has 0 saturated heterocycles. The van der Waals surface area contributed by atoms with Crippen molar-refractivity contribution < 1.29 is 27.5 Å². The van der Waals surface area contributed by atoms with Gasteiger partial charge in [-0.1, -0.05) is 12.1 Å². The number of aromatic nitrogens is 1. The first-order chi connectivity index (χ1) is 16.1. The summed E-state index contributed by atoms with van der Waals surface area (Å²) in [4.78, 5) is 40.2. The number of H-pyrrole nitrogens is 1. The summed E-state index contributed by atoms with van der Waals surface area (Å²) in [5.74, 6) is -0.419. The van der Waals surface area contributed by atoms with E-state index in [0.29, 0.717) is 26.1 Å². The number of amides is 2. The molecule has 11 heteroatoms. The minimum absolute atomic E-state index is 0.0663. The maximum Gasteiger partial charge on any atom is 0.389 e. The normalized spacial score (nSPS) is 11.2. The number of hydrogen-bond acceptors (Lipinski definition) is 5. The smallest absolute Gasteiger partial charge is 0.389 e. The molecule has 0 radical (unpaired) electrons. The number of nitrogens with one attached hydrogen (secondary N) is 3. The van der Waals surface area contributed by atoms with Crippen LogP contribution in [0, 0.1) is 0 Å². The van der Waals surface area contributed by atoms with E-state index >= 15 is 0 Å². The maximum absolute atomic E-state index is 12.5.